The molecule has 0 aliphatic carbocycles. The van der Waals surface area contributed by atoms with Crippen LogP contribution in [0.5, 0.6) is 11.5 Å². The molecule has 0 bridgehead atoms. The van der Waals surface area contributed by atoms with Crippen LogP contribution in [0.15, 0.2) is 18.2 Å². The zero-order valence-corrected chi connectivity index (χ0v) is 12.1. The van der Waals surface area contributed by atoms with E-state index in [4.69, 9.17) is 9.47 Å². The van der Waals surface area contributed by atoms with Crippen LogP contribution in [0.2, 0.25) is 0 Å². The quantitative estimate of drug-likeness (QED) is 0.805. The standard InChI is InChI=1S/C15H25NO2/c1-6-9-16-15(11(2)3)13-10-12(17-4)7-8-14(13)18-5/h7-8,10-11,15-16H,6,9H2,1-5H3. The predicted molar refractivity (Wildman–Crippen MR) is 75.4 cm³/mol. The fraction of sp³-hybridized carbons (Fsp3) is 0.600. The lowest BCUT2D eigenvalue weighted by atomic mass is 9.95. The van der Waals surface area contributed by atoms with Crippen LogP contribution in [0.1, 0.15) is 38.8 Å². The molecule has 0 aromatic heterocycles. The largest absolute Gasteiger partial charge is 0.497 e. The SMILES string of the molecule is CCCNC(c1cc(OC)ccc1OC)C(C)C. The van der Waals surface area contributed by atoms with E-state index in [-0.39, 0.29) is 6.04 Å². The number of nitrogens with one attached hydrogen (secondary N) is 1. The molecule has 0 aliphatic heterocycles. The van der Waals surface area contributed by atoms with Crippen LogP contribution in [0.25, 0.3) is 0 Å². The van der Waals surface area contributed by atoms with Crippen molar-refractivity contribution in [3.05, 3.63) is 23.8 Å². The van der Waals surface area contributed by atoms with Crippen LogP contribution in [-0.4, -0.2) is 20.8 Å². The summed E-state index contributed by atoms with van der Waals surface area (Å²) in [6.07, 6.45) is 1.12. The minimum atomic E-state index is 0.287. The Labute approximate surface area is 110 Å². The average molecular weight is 251 g/mol. The highest BCUT2D eigenvalue weighted by Crippen LogP contribution is 2.33. The fourth-order valence-electron chi connectivity index (χ4n) is 2.09. The maximum atomic E-state index is 5.46. The van der Waals surface area contributed by atoms with Gasteiger partial charge in [0, 0.05) is 11.6 Å². The molecule has 18 heavy (non-hydrogen) atoms. The molecule has 0 fully saturated rings. The van der Waals surface area contributed by atoms with Gasteiger partial charge in [0.15, 0.2) is 0 Å². The summed E-state index contributed by atoms with van der Waals surface area (Å²) in [6, 6.07) is 6.25. The predicted octanol–water partition coefficient (Wildman–Crippen LogP) is 3.40. The number of methoxy groups -OCH3 is 2. The molecule has 0 saturated heterocycles. The fourth-order valence-corrected chi connectivity index (χ4v) is 2.09. The summed E-state index contributed by atoms with van der Waals surface area (Å²) in [6.45, 7) is 7.61. The van der Waals surface area contributed by atoms with Crippen LogP contribution in [0.4, 0.5) is 0 Å². The summed E-state index contributed by atoms with van der Waals surface area (Å²) in [5, 5.41) is 3.58. The lowest BCUT2D eigenvalue weighted by Gasteiger charge is -2.25. The third kappa shape index (κ3) is 3.64. The summed E-state index contributed by atoms with van der Waals surface area (Å²) in [5.41, 5.74) is 1.17. The van der Waals surface area contributed by atoms with Crippen LogP contribution in [0, 0.1) is 5.92 Å². The van der Waals surface area contributed by atoms with Gasteiger partial charge in [0.25, 0.3) is 0 Å². The summed E-state index contributed by atoms with van der Waals surface area (Å²) in [4.78, 5) is 0. The lowest BCUT2D eigenvalue weighted by molar-refractivity contribution is 0.364. The first kappa shape index (κ1) is 14.8. The zero-order valence-electron chi connectivity index (χ0n) is 12.1. The van der Waals surface area contributed by atoms with Gasteiger partial charge in [0.1, 0.15) is 11.5 Å². The minimum absolute atomic E-state index is 0.287. The van der Waals surface area contributed by atoms with Crippen LogP contribution < -0.4 is 14.8 Å². The highest BCUT2D eigenvalue weighted by atomic mass is 16.5. The van der Waals surface area contributed by atoms with Crippen LogP contribution in [-0.2, 0) is 0 Å². The van der Waals surface area contributed by atoms with Gasteiger partial charge in [-0.05, 0) is 37.1 Å². The molecule has 3 nitrogen and oxygen atoms in total. The van der Waals surface area contributed by atoms with Crippen LogP contribution >= 0.6 is 0 Å². The Morgan fingerprint density at radius 3 is 2.39 bits per heavy atom. The van der Waals surface area contributed by atoms with Crippen molar-refractivity contribution < 1.29 is 9.47 Å². The molecule has 0 aliphatic rings. The molecule has 1 aromatic rings. The highest BCUT2D eigenvalue weighted by molar-refractivity contribution is 5.42. The first-order valence-corrected chi connectivity index (χ1v) is 6.59. The Hall–Kier alpha value is -1.22. The van der Waals surface area contributed by atoms with Crippen molar-refractivity contribution in [2.45, 2.75) is 33.2 Å². The van der Waals surface area contributed by atoms with Gasteiger partial charge in [-0.15, -0.1) is 0 Å². The number of rotatable bonds is 7. The second-order valence-electron chi connectivity index (χ2n) is 4.78. The van der Waals surface area contributed by atoms with E-state index in [9.17, 15) is 0 Å². The Bertz CT molecular complexity index is 364. The number of hydrogen-bond donors (Lipinski definition) is 1. The number of hydrogen-bond acceptors (Lipinski definition) is 3. The maximum Gasteiger partial charge on any atom is 0.123 e. The topological polar surface area (TPSA) is 30.5 Å². The van der Waals surface area contributed by atoms with Gasteiger partial charge in [-0.1, -0.05) is 20.8 Å². The normalized spacial score (nSPS) is 12.6. The Balaban J connectivity index is 3.07. The zero-order chi connectivity index (χ0) is 13.5. The first-order valence-electron chi connectivity index (χ1n) is 6.59. The van der Waals surface area contributed by atoms with Crippen molar-refractivity contribution in [1.29, 1.82) is 0 Å². The summed E-state index contributed by atoms with van der Waals surface area (Å²) < 4.78 is 10.8. The van der Waals surface area contributed by atoms with Crippen molar-refractivity contribution >= 4 is 0 Å². The van der Waals surface area contributed by atoms with Crippen molar-refractivity contribution in [3.63, 3.8) is 0 Å². The van der Waals surface area contributed by atoms with E-state index in [1.807, 2.05) is 12.1 Å². The summed E-state index contributed by atoms with van der Waals surface area (Å²) in [7, 11) is 3.40. The van der Waals surface area contributed by atoms with Crippen molar-refractivity contribution in [2.24, 2.45) is 5.92 Å². The number of ether oxygens (including phenoxy) is 2. The van der Waals surface area contributed by atoms with Gasteiger partial charge < -0.3 is 14.8 Å². The van der Waals surface area contributed by atoms with Crippen molar-refractivity contribution in [2.75, 3.05) is 20.8 Å². The van der Waals surface area contributed by atoms with E-state index in [0.717, 1.165) is 24.5 Å². The molecule has 0 saturated carbocycles. The maximum absolute atomic E-state index is 5.46. The molecular weight excluding hydrogens is 226 g/mol. The van der Waals surface area contributed by atoms with Gasteiger partial charge in [0.2, 0.25) is 0 Å². The molecule has 3 heteroatoms. The molecule has 0 heterocycles. The van der Waals surface area contributed by atoms with E-state index >= 15 is 0 Å². The van der Waals surface area contributed by atoms with E-state index < -0.39 is 0 Å². The molecule has 0 radical (unpaired) electrons. The molecule has 0 spiro atoms. The van der Waals surface area contributed by atoms with Gasteiger partial charge in [0.05, 0.1) is 14.2 Å². The molecular formula is C15H25NO2. The number of benzene rings is 1. The summed E-state index contributed by atoms with van der Waals surface area (Å²) >= 11 is 0. The second-order valence-corrected chi connectivity index (χ2v) is 4.78. The molecule has 102 valence electrons. The monoisotopic (exact) mass is 251 g/mol. The van der Waals surface area contributed by atoms with Crippen molar-refractivity contribution in [1.82, 2.24) is 5.32 Å². The third-order valence-electron chi connectivity index (χ3n) is 3.05. The van der Waals surface area contributed by atoms with Gasteiger partial charge in [-0.25, -0.2) is 0 Å². The molecule has 1 rings (SSSR count). The minimum Gasteiger partial charge on any atom is -0.497 e. The van der Waals surface area contributed by atoms with E-state index in [1.165, 1.54) is 5.56 Å². The van der Waals surface area contributed by atoms with E-state index in [2.05, 4.69) is 32.2 Å². The molecule has 1 unspecified atom stereocenters. The summed E-state index contributed by atoms with van der Waals surface area (Å²) in [5.74, 6) is 2.28. The van der Waals surface area contributed by atoms with E-state index in [0.29, 0.717) is 5.92 Å². The lowest BCUT2D eigenvalue weighted by Crippen LogP contribution is -2.26. The third-order valence-corrected chi connectivity index (χ3v) is 3.05. The highest BCUT2D eigenvalue weighted by Gasteiger charge is 2.19. The van der Waals surface area contributed by atoms with Gasteiger partial charge >= 0.3 is 0 Å². The van der Waals surface area contributed by atoms with Gasteiger partial charge in [-0.2, -0.15) is 0 Å². The molecule has 1 N–H and O–H groups in total. The van der Waals surface area contributed by atoms with E-state index in [1.54, 1.807) is 14.2 Å². The molecule has 1 aromatic carbocycles. The molecule has 0 amide bonds. The van der Waals surface area contributed by atoms with Crippen LogP contribution in [0.3, 0.4) is 0 Å². The Morgan fingerprint density at radius 2 is 1.89 bits per heavy atom. The smallest absolute Gasteiger partial charge is 0.123 e. The average Bonchev–Trinajstić information content (AvgIpc) is 2.38. The van der Waals surface area contributed by atoms with Gasteiger partial charge in [-0.3, -0.25) is 0 Å². The molecule has 1 atom stereocenters. The first-order chi connectivity index (χ1) is 8.63. The second kappa shape index (κ2) is 7.27. The van der Waals surface area contributed by atoms with Crippen molar-refractivity contribution in [3.8, 4) is 11.5 Å². The Morgan fingerprint density at radius 1 is 1.17 bits per heavy atom. The Kier molecular flexibility index (Phi) is 5.99.